The van der Waals surface area contributed by atoms with E-state index in [1.54, 1.807) is 0 Å². The molecule has 1 unspecified atom stereocenters. The van der Waals surface area contributed by atoms with Crippen LogP contribution in [0.4, 0.5) is 0 Å². The van der Waals surface area contributed by atoms with Crippen LogP contribution in [0.25, 0.3) is 0 Å². The Balaban J connectivity index is 1.89. The zero-order chi connectivity index (χ0) is 15.6. The minimum atomic E-state index is 0.535. The molecular weight excluding hydrogens is 274 g/mol. The molecular formula is C17H37N5. The summed E-state index contributed by atoms with van der Waals surface area (Å²) < 4.78 is 0. The minimum absolute atomic E-state index is 0.535. The van der Waals surface area contributed by atoms with Crippen LogP contribution in [0.5, 0.6) is 0 Å². The molecule has 130 valence electrons. The average molecular weight is 312 g/mol. The second-order valence-electron chi connectivity index (χ2n) is 7.13. The quantitative estimate of drug-likeness (QED) is 0.449. The van der Waals surface area contributed by atoms with Crippen LogP contribution in [0.15, 0.2) is 0 Å². The Bertz CT molecular complexity index is 260. The van der Waals surface area contributed by atoms with E-state index in [9.17, 15) is 0 Å². The van der Waals surface area contributed by atoms with Crippen LogP contribution in [0.1, 0.15) is 46.0 Å². The van der Waals surface area contributed by atoms with Crippen LogP contribution < -0.4 is 26.6 Å². The van der Waals surface area contributed by atoms with Gasteiger partial charge in [0.2, 0.25) is 0 Å². The highest BCUT2D eigenvalue weighted by Gasteiger charge is 2.23. The monoisotopic (exact) mass is 311 g/mol. The van der Waals surface area contributed by atoms with Gasteiger partial charge in [-0.05, 0) is 26.7 Å². The molecule has 0 radical (unpaired) electrons. The standard InChI is InChI=1S/C17H37N5/c1-14-12-21-16-6-4-3-5-7-17(16)22-13-15(2)20-11-9-18-8-10-19-14/h14-22H,3-13H2,1-2H3/t14-,15-,16+,17?/m0/s1. The summed E-state index contributed by atoms with van der Waals surface area (Å²) in [6, 6.07) is 2.32. The third-order valence-corrected chi connectivity index (χ3v) is 4.98. The van der Waals surface area contributed by atoms with Crippen molar-refractivity contribution in [2.45, 2.75) is 70.1 Å². The van der Waals surface area contributed by atoms with E-state index in [0.29, 0.717) is 24.2 Å². The first-order chi connectivity index (χ1) is 10.8. The topological polar surface area (TPSA) is 60.1 Å². The first kappa shape index (κ1) is 18.1. The second kappa shape index (κ2) is 10.6. The van der Waals surface area contributed by atoms with Crippen LogP contribution in [0, 0.1) is 0 Å². The van der Waals surface area contributed by atoms with Gasteiger partial charge in [-0.3, -0.25) is 0 Å². The molecule has 22 heavy (non-hydrogen) atoms. The van der Waals surface area contributed by atoms with Gasteiger partial charge in [0.1, 0.15) is 0 Å². The van der Waals surface area contributed by atoms with Gasteiger partial charge >= 0.3 is 0 Å². The molecule has 0 bridgehead atoms. The second-order valence-corrected chi connectivity index (χ2v) is 7.13. The molecule has 4 atom stereocenters. The van der Waals surface area contributed by atoms with Crippen LogP contribution in [-0.4, -0.2) is 63.4 Å². The van der Waals surface area contributed by atoms with Gasteiger partial charge in [0.15, 0.2) is 0 Å². The maximum Gasteiger partial charge on any atom is 0.0221 e. The molecule has 2 aliphatic rings. The van der Waals surface area contributed by atoms with Gasteiger partial charge in [0, 0.05) is 63.4 Å². The lowest BCUT2D eigenvalue weighted by Gasteiger charge is -2.30. The van der Waals surface area contributed by atoms with Gasteiger partial charge < -0.3 is 26.6 Å². The molecule has 0 amide bonds. The van der Waals surface area contributed by atoms with E-state index in [-0.39, 0.29) is 0 Å². The van der Waals surface area contributed by atoms with E-state index >= 15 is 0 Å². The minimum Gasteiger partial charge on any atom is -0.314 e. The molecule has 0 aromatic carbocycles. The summed E-state index contributed by atoms with van der Waals surface area (Å²) in [4.78, 5) is 0. The highest BCUT2D eigenvalue weighted by molar-refractivity contribution is 4.87. The van der Waals surface area contributed by atoms with Gasteiger partial charge in [-0.1, -0.05) is 19.3 Å². The molecule has 5 heteroatoms. The van der Waals surface area contributed by atoms with Gasteiger partial charge in [0.25, 0.3) is 0 Å². The molecule has 0 aromatic heterocycles. The normalized spacial score (nSPS) is 37.4. The number of hydrogen-bond acceptors (Lipinski definition) is 5. The first-order valence-electron chi connectivity index (χ1n) is 9.40. The summed E-state index contributed by atoms with van der Waals surface area (Å²) in [6.45, 7) is 10.9. The zero-order valence-corrected chi connectivity index (χ0v) is 14.6. The summed E-state index contributed by atoms with van der Waals surface area (Å²) in [5.74, 6) is 0. The largest absolute Gasteiger partial charge is 0.314 e. The molecule has 1 aliphatic carbocycles. The van der Waals surface area contributed by atoms with Crippen molar-refractivity contribution in [1.29, 1.82) is 0 Å². The molecule has 5 nitrogen and oxygen atoms in total. The Hall–Kier alpha value is -0.200. The maximum atomic E-state index is 3.83. The predicted octanol–water partition coefficient (Wildman–Crippen LogP) is 0.426. The third-order valence-electron chi connectivity index (χ3n) is 4.98. The highest BCUT2D eigenvalue weighted by atomic mass is 15.1. The zero-order valence-electron chi connectivity index (χ0n) is 14.6. The Labute approximate surface area is 136 Å². The highest BCUT2D eigenvalue weighted by Crippen LogP contribution is 2.18. The lowest BCUT2D eigenvalue weighted by Crippen LogP contribution is -2.52. The van der Waals surface area contributed by atoms with E-state index in [1.807, 2.05) is 0 Å². The lowest BCUT2D eigenvalue weighted by atomic mass is 10.0. The fraction of sp³-hybridized carbons (Fsp3) is 1.00. The van der Waals surface area contributed by atoms with E-state index < -0.39 is 0 Å². The van der Waals surface area contributed by atoms with Crippen molar-refractivity contribution >= 4 is 0 Å². The Morgan fingerprint density at radius 2 is 1.09 bits per heavy atom. The molecule has 1 aliphatic heterocycles. The van der Waals surface area contributed by atoms with Crippen molar-refractivity contribution in [3.63, 3.8) is 0 Å². The predicted molar refractivity (Wildman–Crippen MR) is 94.5 cm³/mol. The van der Waals surface area contributed by atoms with Gasteiger partial charge in [-0.2, -0.15) is 0 Å². The smallest absolute Gasteiger partial charge is 0.0221 e. The van der Waals surface area contributed by atoms with E-state index in [1.165, 1.54) is 32.1 Å². The molecule has 1 saturated heterocycles. The van der Waals surface area contributed by atoms with Crippen LogP contribution in [0.3, 0.4) is 0 Å². The van der Waals surface area contributed by atoms with Crippen molar-refractivity contribution in [2.24, 2.45) is 0 Å². The molecule has 1 saturated carbocycles. The number of fused-ring (bicyclic) bond motifs is 1. The summed E-state index contributed by atoms with van der Waals surface area (Å²) in [5.41, 5.74) is 0. The summed E-state index contributed by atoms with van der Waals surface area (Å²) in [5, 5.41) is 18.4. The van der Waals surface area contributed by atoms with Crippen molar-refractivity contribution in [2.75, 3.05) is 39.3 Å². The summed E-state index contributed by atoms with van der Waals surface area (Å²) in [7, 11) is 0. The Kier molecular flexibility index (Phi) is 8.70. The molecule has 0 aromatic rings. The van der Waals surface area contributed by atoms with Crippen LogP contribution >= 0.6 is 0 Å². The Morgan fingerprint density at radius 1 is 0.591 bits per heavy atom. The summed E-state index contributed by atoms with van der Waals surface area (Å²) >= 11 is 0. The molecule has 5 N–H and O–H groups in total. The van der Waals surface area contributed by atoms with Crippen molar-refractivity contribution < 1.29 is 0 Å². The fourth-order valence-corrected chi connectivity index (χ4v) is 3.54. The number of nitrogens with one attached hydrogen (secondary N) is 5. The van der Waals surface area contributed by atoms with Gasteiger partial charge in [-0.15, -0.1) is 0 Å². The van der Waals surface area contributed by atoms with Gasteiger partial charge in [-0.25, -0.2) is 0 Å². The lowest BCUT2D eigenvalue weighted by molar-refractivity contribution is 0.329. The maximum absolute atomic E-state index is 3.83. The molecule has 2 fully saturated rings. The van der Waals surface area contributed by atoms with Crippen LogP contribution in [-0.2, 0) is 0 Å². The average Bonchev–Trinajstić information content (AvgIpc) is 2.74. The number of rotatable bonds is 0. The summed E-state index contributed by atoms with van der Waals surface area (Å²) in [6.07, 6.45) is 6.76. The molecule has 1 heterocycles. The fourth-order valence-electron chi connectivity index (χ4n) is 3.54. The number of hydrogen-bond donors (Lipinski definition) is 5. The molecule has 2 rings (SSSR count). The van der Waals surface area contributed by atoms with Crippen LogP contribution in [0.2, 0.25) is 0 Å². The van der Waals surface area contributed by atoms with Crippen molar-refractivity contribution in [1.82, 2.24) is 26.6 Å². The first-order valence-corrected chi connectivity index (χ1v) is 9.40. The van der Waals surface area contributed by atoms with E-state index in [0.717, 1.165) is 39.3 Å². The third kappa shape index (κ3) is 6.92. The SMILES string of the molecule is C[C@H]1CNC2CCCCC[C@H]2NC[C@H](C)NCCNCCN1. The van der Waals surface area contributed by atoms with Gasteiger partial charge in [0.05, 0.1) is 0 Å². The van der Waals surface area contributed by atoms with E-state index in [2.05, 4.69) is 40.4 Å². The Morgan fingerprint density at radius 3 is 1.59 bits per heavy atom. The van der Waals surface area contributed by atoms with Crippen molar-refractivity contribution in [3.05, 3.63) is 0 Å². The van der Waals surface area contributed by atoms with Crippen molar-refractivity contribution in [3.8, 4) is 0 Å². The van der Waals surface area contributed by atoms with E-state index in [4.69, 9.17) is 0 Å². The molecule has 0 spiro atoms.